The van der Waals surface area contributed by atoms with Crippen LogP contribution in [0.4, 0.5) is 4.39 Å². The first-order valence-corrected chi connectivity index (χ1v) is 11.1. The number of thiophene rings is 1. The molecular formula is C24H20FN5O2S. The number of aryl methyl sites for hydroxylation is 2. The van der Waals surface area contributed by atoms with Gasteiger partial charge in [-0.25, -0.2) is 4.39 Å². The van der Waals surface area contributed by atoms with Crippen molar-refractivity contribution in [3.05, 3.63) is 88.3 Å². The van der Waals surface area contributed by atoms with Gasteiger partial charge in [-0.1, -0.05) is 30.3 Å². The van der Waals surface area contributed by atoms with E-state index in [0.29, 0.717) is 17.0 Å². The van der Waals surface area contributed by atoms with E-state index in [-0.39, 0.29) is 11.7 Å². The smallest absolute Gasteiger partial charge is 0.279 e. The summed E-state index contributed by atoms with van der Waals surface area (Å²) >= 11 is 1.29. The van der Waals surface area contributed by atoms with Gasteiger partial charge in [-0.3, -0.25) is 25.1 Å². The lowest BCUT2D eigenvalue weighted by Gasteiger charge is -2.06. The molecule has 0 atom stereocenters. The Hall–Kier alpha value is -3.98. The van der Waals surface area contributed by atoms with Crippen LogP contribution in [0.2, 0.25) is 0 Å². The first-order chi connectivity index (χ1) is 15.9. The number of fused-ring (bicyclic) bond motifs is 2. The third-order valence-electron chi connectivity index (χ3n) is 5.51. The van der Waals surface area contributed by atoms with E-state index in [1.165, 1.54) is 23.5 Å². The van der Waals surface area contributed by atoms with Crippen molar-refractivity contribution in [3.8, 4) is 0 Å². The van der Waals surface area contributed by atoms with Crippen molar-refractivity contribution in [1.82, 2.24) is 25.2 Å². The molecule has 33 heavy (non-hydrogen) atoms. The first-order valence-electron chi connectivity index (χ1n) is 10.3. The van der Waals surface area contributed by atoms with Crippen molar-refractivity contribution in [2.45, 2.75) is 13.5 Å². The summed E-state index contributed by atoms with van der Waals surface area (Å²) in [6.07, 6.45) is 1.74. The number of carbonyl (C=O) groups excluding carboxylic acids is 2. The molecule has 2 aromatic carbocycles. The summed E-state index contributed by atoms with van der Waals surface area (Å²) in [5.74, 6) is -1.08. The van der Waals surface area contributed by atoms with Gasteiger partial charge in [0.2, 0.25) is 0 Å². The number of rotatable bonds is 4. The standard InChI is InChI=1S/C24H20FN5O2S/c1-14-18-11-21(33-24(18)30(28-14)12-15-7-9-16(25)10-8-15)23(32)27-26-22(31)19-13-29(2)20-6-4-3-5-17(19)20/h3-11,13H,12H2,1-2H3,(H,26,31)(H,27,32). The summed E-state index contributed by atoms with van der Waals surface area (Å²) in [6, 6.07) is 15.6. The topological polar surface area (TPSA) is 81.0 Å². The predicted molar refractivity (Wildman–Crippen MR) is 126 cm³/mol. The molecule has 2 amide bonds. The normalized spacial score (nSPS) is 11.2. The van der Waals surface area contributed by atoms with Crippen LogP contribution in [-0.2, 0) is 13.6 Å². The number of carbonyl (C=O) groups is 2. The third kappa shape index (κ3) is 3.87. The number of amides is 2. The number of hydrogen-bond acceptors (Lipinski definition) is 4. The molecule has 0 radical (unpaired) electrons. The Labute approximate surface area is 192 Å². The monoisotopic (exact) mass is 461 g/mol. The quantitative estimate of drug-likeness (QED) is 0.395. The van der Waals surface area contributed by atoms with Crippen LogP contribution in [0, 0.1) is 12.7 Å². The zero-order valence-electron chi connectivity index (χ0n) is 17.9. The minimum Gasteiger partial charge on any atom is -0.350 e. The van der Waals surface area contributed by atoms with Gasteiger partial charge in [-0.2, -0.15) is 5.10 Å². The molecule has 0 aliphatic carbocycles. The highest BCUT2D eigenvalue weighted by Crippen LogP contribution is 2.29. The highest BCUT2D eigenvalue weighted by atomic mass is 32.1. The lowest BCUT2D eigenvalue weighted by Crippen LogP contribution is -2.41. The Bertz CT molecular complexity index is 1510. The average Bonchev–Trinajstić information content (AvgIpc) is 3.48. The molecule has 5 rings (SSSR count). The number of hydrogen-bond donors (Lipinski definition) is 2. The van der Waals surface area contributed by atoms with Gasteiger partial charge in [0.15, 0.2) is 0 Å². The average molecular weight is 462 g/mol. The molecule has 0 aliphatic rings. The van der Waals surface area contributed by atoms with Gasteiger partial charge in [-0.05, 0) is 36.8 Å². The number of benzene rings is 2. The van der Waals surface area contributed by atoms with Crippen LogP contribution in [-0.4, -0.2) is 26.2 Å². The van der Waals surface area contributed by atoms with E-state index in [2.05, 4.69) is 16.0 Å². The second-order valence-corrected chi connectivity index (χ2v) is 8.81. The minimum atomic E-state index is -0.405. The molecule has 3 aromatic heterocycles. The first kappa shape index (κ1) is 20.9. The SMILES string of the molecule is Cc1nn(Cc2ccc(F)cc2)c2sc(C(=O)NNC(=O)c3cn(C)c4ccccc34)cc12. The van der Waals surface area contributed by atoms with Crippen molar-refractivity contribution >= 4 is 44.3 Å². The molecule has 0 fully saturated rings. The molecule has 0 bridgehead atoms. The summed E-state index contributed by atoms with van der Waals surface area (Å²) < 4.78 is 16.9. The fraction of sp³-hybridized carbons (Fsp3) is 0.125. The van der Waals surface area contributed by atoms with Crippen molar-refractivity contribution in [2.75, 3.05) is 0 Å². The van der Waals surface area contributed by atoms with E-state index in [1.54, 1.807) is 29.1 Å². The van der Waals surface area contributed by atoms with Crippen LogP contribution in [0.15, 0.2) is 60.8 Å². The largest absolute Gasteiger partial charge is 0.350 e. The van der Waals surface area contributed by atoms with Crippen LogP contribution in [0.1, 0.15) is 31.3 Å². The molecule has 0 spiro atoms. The molecule has 3 heterocycles. The summed E-state index contributed by atoms with van der Waals surface area (Å²) in [5, 5.41) is 6.22. The molecular weight excluding hydrogens is 441 g/mol. The van der Waals surface area contributed by atoms with E-state index in [4.69, 9.17) is 0 Å². The maximum atomic E-state index is 13.2. The van der Waals surface area contributed by atoms with E-state index in [1.807, 2.05) is 42.8 Å². The zero-order chi connectivity index (χ0) is 23.1. The van der Waals surface area contributed by atoms with Gasteiger partial charge in [0.05, 0.1) is 22.7 Å². The Morgan fingerprint density at radius 2 is 1.76 bits per heavy atom. The Morgan fingerprint density at radius 1 is 1.03 bits per heavy atom. The van der Waals surface area contributed by atoms with Crippen LogP contribution < -0.4 is 10.9 Å². The molecule has 0 saturated heterocycles. The van der Waals surface area contributed by atoms with E-state index < -0.39 is 5.91 Å². The van der Waals surface area contributed by atoms with Gasteiger partial charge in [0.1, 0.15) is 10.6 Å². The van der Waals surface area contributed by atoms with Crippen molar-refractivity contribution < 1.29 is 14.0 Å². The van der Waals surface area contributed by atoms with E-state index in [0.717, 1.165) is 32.4 Å². The van der Waals surface area contributed by atoms with Gasteiger partial charge < -0.3 is 4.57 Å². The van der Waals surface area contributed by atoms with Crippen molar-refractivity contribution in [2.24, 2.45) is 7.05 Å². The number of halogens is 1. The number of para-hydroxylation sites is 1. The zero-order valence-corrected chi connectivity index (χ0v) is 18.7. The Balaban J connectivity index is 1.33. The molecule has 9 heteroatoms. The van der Waals surface area contributed by atoms with Gasteiger partial charge in [-0.15, -0.1) is 11.3 Å². The number of nitrogens with zero attached hydrogens (tertiary/aromatic N) is 3. The van der Waals surface area contributed by atoms with Crippen LogP contribution in [0.25, 0.3) is 21.1 Å². The van der Waals surface area contributed by atoms with Crippen LogP contribution >= 0.6 is 11.3 Å². The lowest BCUT2D eigenvalue weighted by atomic mass is 10.2. The molecule has 0 aliphatic heterocycles. The maximum absolute atomic E-state index is 13.2. The highest BCUT2D eigenvalue weighted by molar-refractivity contribution is 7.20. The van der Waals surface area contributed by atoms with Crippen molar-refractivity contribution in [1.29, 1.82) is 0 Å². The summed E-state index contributed by atoms with van der Waals surface area (Å²) in [6.45, 7) is 2.34. The van der Waals surface area contributed by atoms with Crippen LogP contribution in [0.3, 0.4) is 0 Å². The summed E-state index contributed by atoms with van der Waals surface area (Å²) in [7, 11) is 1.87. The second-order valence-electron chi connectivity index (χ2n) is 7.78. The third-order valence-corrected chi connectivity index (χ3v) is 6.66. The molecule has 166 valence electrons. The summed E-state index contributed by atoms with van der Waals surface area (Å²) in [5.41, 5.74) is 8.13. The fourth-order valence-corrected chi connectivity index (χ4v) is 4.92. The van der Waals surface area contributed by atoms with Gasteiger partial charge in [0.25, 0.3) is 11.8 Å². The van der Waals surface area contributed by atoms with E-state index >= 15 is 0 Å². The molecule has 0 saturated carbocycles. The lowest BCUT2D eigenvalue weighted by molar-refractivity contribution is 0.0850. The second kappa shape index (κ2) is 8.18. The molecule has 2 N–H and O–H groups in total. The molecule has 7 nitrogen and oxygen atoms in total. The number of nitrogens with one attached hydrogen (secondary N) is 2. The minimum absolute atomic E-state index is 0.291. The molecule has 5 aromatic rings. The predicted octanol–water partition coefficient (Wildman–Crippen LogP) is 4.16. The van der Waals surface area contributed by atoms with Gasteiger partial charge >= 0.3 is 0 Å². The number of aromatic nitrogens is 3. The number of hydrazine groups is 1. The Kier molecular flexibility index (Phi) is 5.18. The van der Waals surface area contributed by atoms with E-state index in [9.17, 15) is 14.0 Å². The highest BCUT2D eigenvalue weighted by Gasteiger charge is 2.18. The Morgan fingerprint density at radius 3 is 2.55 bits per heavy atom. The fourth-order valence-electron chi connectivity index (χ4n) is 3.86. The molecule has 0 unspecified atom stereocenters. The van der Waals surface area contributed by atoms with Crippen LogP contribution in [0.5, 0.6) is 0 Å². The van der Waals surface area contributed by atoms with Crippen molar-refractivity contribution in [3.63, 3.8) is 0 Å². The van der Waals surface area contributed by atoms with Gasteiger partial charge in [0, 0.05) is 29.5 Å². The maximum Gasteiger partial charge on any atom is 0.279 e. The summed E-state index contributed by atoms with van der Waals surface area (Å²) in [4.78, 5) is 26.7.